The van der Waals surface area contributed by atoms with Crippen LogP contribution in [0.1, 0.15) is 52.4 Å². The van der Waals surface area contributed by atoms with Crippen LogP contribution in [0.15, 0.2) is 11.8 Å². The molecule has 1 N–H and O–H groups in total. The molecule has 0 aromatic carbocycles. The standard InChI is InChI=1S/C17H32N2O/c1-5-18-16(15-7-6-12-20-13-15)17(19(3)4)10-8-14(2)9-11-17/h13-14,16,18H,5-12H2,1-4H3. The minimum Gasteiger partial charge on any atom is -0.501 e. The molecule has 1 saturated carbocycles. The molecule has 2 aliphatic rings. The molecule has 3 heteroatoms. The van der Waals surface area contributed by atoms with E-state index in [0.29, 0.717) is 6.04 Å². The van der Waals surface area contributed by atoms with Crippen molar-refractivity contribution < 1.29 is 4.74 Å². The predicted molar refractivity (Wildman–Crippen MR) is 84.8 cm³/mol. The lowest BCUT2D eigenvalue weighted by Gasteiger charge is -2.51. The molecule has 1 atom stereocenters. The Labute approximate surface area is 124 Å². The summed E-state index contributed by atoms with van der Waals surface area (Å²) >= 11 is 0. The van der Waals surface area contributed by atoms with E-state index in [1.54, 1.807) is 0 Å². The van der Waals surface area contributed by atoms with E-state index in [1.807, 2.05) is 6.26 Å². The van der Waals surface area contributed by atoms with Crippen LogP contribution in [0.3, 0.4) is 0 Å². The summed E-state index contributed by atoms with van der Waals surface area (Å²) in [4.78, 5) is 2.47. The van der Waals surface area contributed by atoms with Crippen LogP contribution in [0, 0.1) is 5.92 Å². The van der Waals surface area contributed by atoms with Gasteiger partial charge in [-0.15, -0.1) is 0 Å². The molecule has 0 radical (unpaired) electrons. The van der Waals surface area contributed by atoms with Crippen LogP contribution in [-0.2, 0) is 4.74 Å². The number of ether oxygens (including phenoxy) is 1. The highest BCUT2D eigenvalue weighted by molar-refractivity contribution is 5.20. The van der Waals surface area contributed by atoms with E-state index in [9.17, 15) is 0 Å². The molecule has 0 aromatic heterocycles. The Bertz CT molecular complexity index is 330. The summed E-state index contributed by atoms with van der Waals surface area (Å²) in [5.41, 5.74) is 1.73. The van der Waals surface area contributed by atoms with Crippen molar-refractivity contribution in [2.75, 3.05) is 27.2 Å². The smallest absolute Gasteiger partial charge is 0.0876 e. The van der Waals surface area contributed by atoms with Gasteiger partial charge in [-0.2, -0.15) is 0 Å². The van der Waals surface area contributed by atoms with Crippen LogP contribution in [0.2, 0.25) is 0 Å². The van der Waals surface area contributed by atoms with Crippen molar-refractivity contribution in [3.05, 3.63) is 11.8 Å². The van der Waals surface area contributed by atoms with Crippen LogP contribution in [-0.4, -0.2) is 43.7 Å². The molecule has 1 fully saturated rings. The van der Waals surface area contributed by atoms with Gasteiger partial charge in [-0.1, -0.05) is 13.8 Å². The van der Waals surface area contributed by atoms with Gasteiger partial charge < -0.3 is 15.0 Å². The van der Waals surface area contributed by atoms with Crippen LogP contribution in [0.25, 0.3) is 0 Å². The van der Waals surface area contributed by atoms with E-state index in [4.69, 9.17) is 4.74 Å². The molecule has 2 rings (SSSR count). The number of nitrogens with zero attached hydrogens (tertiary/aromatic N) is 1. The van der Waals surface area contributed by atoms with Crippen molar-refractivity contribution in [2.45, 2.75) is 64.0 Å². The number of nitrogens with one attached hydrogen (secondary N) is 1. The maximum atomic E-state index is 5.63. The first-order chi connectivity index (χ1) is 9.60. The third-order valence-corrected chi connectivity index (χ3v) is 5.31. The monoisotopic (exact) mass is 280 g/mol. The lowest BCUT2D eigenvalue weighted by atomic mass is 9.69. The first-order valence-electron chi connectivity index (χ1n) is 8.31. The summed E-state index contributed by atoms with van der Waals surface area (Å²) < 4.78 is 5.63. The molecular weight excluding hydrogens is 248 g/mol. The van der Waals surface area contributed by atoms with Gasteiger partial charge in [-0.3, -0.25) is 0 Å². The van der Waals surface area contributed by atoms with Crippen LogP contribution >= 0.6 is 0 Å². The van der Waals surface area contributed by atoms with Gasteiger partial charge in [0.05, 0.1) is 12.9 Å². The predicted octanol–water partition coefficient (Wildman–Crippen LogP) is 3.17. The van der Waals surface area contributed by atoms with Crippen LogP contribution in [0.4, 0.5) is 0 Å². The fraction of sp³-hybridized carbons (Fsp3) is 0.882. The van der Waals surface area contributed by atoms with Crippen molar-refractivity contribution in [2.24, 2.45) is 5.92 Å². The van der Waals surface area contributed by atoms with Crippen molar-refractivity contribution in [1.82, 2.24) is 10.2 Å². The highest BCUT2D eigenvalue weighted by Gasteiger charge is 2.44. The molecule has 0 amide bonds. The third kappa shape index (κ3) is 3.20. The Morgan fingerprint density at radius 1 is 1.40 bits per heavy atom. The van der Waals surface area contributed by atoms with E-state index in [-0.39, 0.29) is 5.54 Å². The molecule has 0 saturated heterocycles. The van der Waals surface area contributed by atoms with Crippen molar-refractivity contribution in [3.63, 3.8) is 0 Å². The maximum Gasteiger partial charge on any atom is 0.0876 e. The maximum absolute atomic E-state index is 5.63. The number of rotatable bonds is 5. The first kappa shape index (κ1) is 15.8. The Balaban J connectivity index is 2.25. The highest BCUT2D eigenvalue weighted by atomic mass is 16.5. The SMILES string of the molecule is CCNC(C1=COCCC1)C1(N(C)C)CCC(C)CC1. The zero-order valence-electron chi connectivity index (χ0n) is 13.7. The minimum absolute atomic E-state index is 0.259. The summed E-state index contributed by atoms with van der Waals surface area (Å²) in [6.45, 7) is 6.51. The number of hydrogen-bond acceptors (Lipinski definition) is 3. The molecule has 1 aliphatic carbocycles. The zero-order valence-corrected chi connectivity index (χ0v) is 13.7. The zero-order chi connectivity index (χ0) is 14.6. The second-order valence-corrected chi connectivity index (χ2v) is 6.84. The summed E-state index contributed by atoms with van der Waals surface area (Å²) in [6.07, 6.45) is 9.64. The molecule has 3 nitrogen and oxygen atoms in total. The first-order valence-corrected chi connectivity index (χ1v) is 8.31. The van der Waals surface area contributed by atoms with Gasteiger partial charge in [-0.25, -0.2) is 0 Å². The molecule has 0 spiro atoms. The second-order valence-electron chi connectivity index (χ2n) is 6.84. The van der Waals surface area contributed by atoms with Crippen molar-refractivity contribution >= 4 is 0 Å². The van der Waals surface area contributed by atoms with Gasteiger partial charge >= 0.3 is 0 Å². The van der Waals surface area contributed by atoms with Crippen molar-refractivity contribution in [3.8, 4) is 0 Å². The van der Waals surface area contributed by atoms with Crippen LogP contribution in [0.5, 0.6) is 0 Å². The Hall–Kier alpha value is -0.540. The summed E-state index contributed by atoms with van der Waals surface area (Å²) in [7, 11) is 4.51. The second kappa shape index (κ2) is 6.95. The molecule has 116 valence electrons. The fourth-order valence-electron chi connectivity index (χ4n) is 3.92. The van der Waals surface area contributed by atoms with Crippen molar-refractivity contribution in [1.29, 1.82) is 0 Å². The average molecular weight is 280 g/mol. The summed E-state index contributed by atoms with van der Waals surface area (Å²) in [5.74, 6) is 0.877. The lowest BCUT2D eigenvalue weighted by Crippen LogP contribution is -2.61. The number of hydrogen-bond donors (Lipinski definition) is 1. The quantitative estimate of drug-likeness (QED) is 0.837. The van der Waals surface area contributed by atoms with Gasteiger partial charge in [0.2, 0.25) is 0 Å². The van der Waals surface area contributed by atoms with Gasteiger partial charge in [0, 0.05) is 11.6 Å². The van der Waals surface area contributed by atoms with E-state index in [0.717, 1.165) is 25.5 Å². The summed E-state index contributed by atoms with van der Waals surface area (Å²) in [6, 6.07) is 0.440. The van der Waals surface area contributed by atoms with E-state index in [1.165, 1.54) is 37.7 Å². The van der Waals surface area contributed by atoms with Crippen LogP contribution < -0.4 is 5.32 Å². The number of likely N-dealkylation sites (N-methyl/N-ethyl adjacent to an activating group) is 2. The topological polar surface area (TPSA) is 24.5 Å². The minimum atomic E-state index is 0.259. The Morgan fingerprint density at radius 3 is 2.60 bits per heavy atom. The van der Waals surface area contributed by atoms with E-state index < -0.39 is 0 Å². The molecular formula is C17H32N2O. The molecule has 1 unspecified atom stereocenters. The largest absolute Gasteiger partial charge is 0.501 e. The molecule has 1 aliphatic heterocycles. The molecule has 20 heavy (non-hydrogen) atoms. The highest BCUT2D eigenvalue weighted by Crippen LogP contribution is 2.40. The van der Waals surface area contributed by atoms with E-state index in [2.05, 4.69) is 38.2 Å². The summed E-state index contributed by atoms with van der Waals surface area (Å²) in [5, 5.41) is 3.77. The van der Waals surface area contributed by atoms with Gasteiger partial charge in [0.15, 0.2) is 0 Å². The van der Waals surface area contributed by atoms with E-state index >= 15 is 0 Å². The molecule has 0 aromatic rings. The molecule has 0 bridgehead atoms. The van der Waals surface area contributed by atoms with Gasteiger partial charge in [-0.05, 0) is 70.7 Å². The molecule has 1 heterocycles. The van der Waals surface area contributed by atoms with Gasteiger partial charge in [0.25, 0.3) is 0 Å². The lowest BCUT2D eigenvalue weighted by molar-refractivity contribution is 0.0512. The Kier molecular flexibility index (Phi) is 5.50. The van der Waals surface area contributed by atoms with Gasteiger partial charge in [0.1, 0.15) is 0 Å². The Morgan fingerprint density at radius 2 is 2.10 bits per heavy atom. The third-order valence-electron chi connectivity index (χ3n) is 5.31. The fourth-order valence-corrected chi connectivity index (χ4v) is 3.92. The normalized spacial score (nSPS) is 32.6. The average Bonchev–Trinajstić information content (AvgIpc) is 2.47.